The minimum atomic E-state index is 0. The molecule has 0 spiro atoms. The van der Waals surface area contributed by atoms with Crippen molar-refractivity contribution in [1.82, 2.24) is 10.2 Å². The van der Waals surface area contributed by atoms with Crippen LogP contribution >= 0.6 is 24.0 Å². The zero-order valence-corrected chi connectivity index (χ0v) is 15.0. The van der Waals surface area contributed by atoms with E-state index in [4.69, 9.17) is 0 Å². The van der Waals surface area contributed by atoms with Gasteiger partial charge in [0.2, 0.25) is 0 Å². The summed E-state index contributed by atoms with van der Waals surface area (Å²) in [5, 5.41) is 3.55. The molecule has 2 unspecified atom stereocenters. The third-order valence-corrected chi connectivity index (χ3v) is 3.50. The Morgan fingerprint density at radius 3 is 2.63 bits per heavy atom. The molecule has 1 aliphatic carbocycles. The maximum atomic E-state index is 4.57. The minimum absolute atomic E-state index is 0. The molecule has 2 atom stereocenters. The first-order chi connectivity index (χ1) is 8.69. The zero-order chi connectivity index (χ0) is 13.4. The number of unbranched alkanes of at least 4 members (excludes halogenated alkanes) is 3. The van der Waals surface area contributed by atoms with Crippen LogP contribution < -0.4 is 5.32 Å². The Bertz CT molecular complexity index is 279. The highest BCUT2D eigenvalue weighted by Crippen LogP contribution is 2.29. The molecule has 1 rings (SSSR count). The van der Waals surface area contributed by atoms with Crippen LogP contribution in [-0.4, -0.2) is 37.0 Å². The molecule has 1 saturated carbocycles. The topological polar surface area (TPSA) is 27.6 Å². The molecule has 0 aromatic carbocycles. The van der Waals surface area contributed by atoms with Gasteiger partial charge in [-0.1, -0.05) is 19.4 Å². The summed E-state index contributed by atoms with van der Waals surface area (Å²) < 4.78 is 0. The van der Waals surface area contributed by atoms with Crippen LogP contribution in [0.5, 0.6) is 0 Å². The Morgan fingerprint density at radius 1 is 1.42 bits per heavy atom. The normalized spacial score (nSPS) is 21.5. The third kappa shape index (κ3) is 7.80. The van der Waals surface area contributed by atoms with Crippen LogP contribution in [0.1, 0.15) is 46.0 Å². The average Bonchev–Trinajstić information content (AvgIpc) is 3.04. The number of allylic oxidation sites excluding steroid dienone is 1. The lowest BCUT2D eigenvalue weighted by Gasteiger charge is -2.22. The van der Waals surface area contributed by atoms with Gasteiger partial charge in [0.15, 0.2) is 5.96 Å². The van der Waals surface area contributed by atoms with Crippen molar-refractivity contribution in [2.45, 2.75) is 52.0 Å². The maximum absolute atomic E-state index is 4.57. The van der Waals surface area contributed by atoms with E-state index in [-0.39, 0.29) is 24.0 Å². The molecule has 1 fully saturated rings. The quantitative estimate of drug-likeness (QED) is 0.229. The molecule has 1 N–H and O–H groups in total. The molecule has 112 valence electrons. The average molecular weight is 379 g/mol. The van der Waals surface area contributed by atoms with E-state index < -0.39 is 0 Å². The Hall–Kier alpha value is -0.260. The van der Waals surface area contributed by atoms with Gasteiger partial charge in [0.1, 0.15) is 0 Å². The molecule has 1 aliphatic rings. The Balaban J connectivity index is 0.00000324. The first-order valence-corrected chi connectivity index (χ1v) is 7.32. The highest BCUT2D eigenvalue weighted by atomic mass is 127. The van der Waals surface area contributed by atoms with Crippen molar-refractivity contribution in [2.24, 2.45) is 10.9 Å². The highest BCUT2D eigenvalue weighted by Gasteiger charge is 2.33. The first-order valence-electron chi connectivity index (χ1n) is 7.32. The van der Waals surface area contributed by atoms with Gasteiger partial charge in [-0.3, -0.25) is 4.99 Å². The van der Waals surface area contributed by atoms with E-state index in [9.17, 15) is 0 Å². The number of guanidine groups is 1. The van der Waals surface area contributed by atoms with Crippen LogP contribution in [0.25, 0.3) is 0 Å². The molecule has 0 aromatic rings. The SMILES string of the molecule is C=CCCCCCN(C)C(=NCC)NC1CC1C.I. The second kappa shape index (κ2) is 10.5. The summed E-state index contributed by atoms with van der Waals surface area (Å²) in [6.07, 6.45) is 8.19. The van der Waals surface area contributed by atoms with Crippen molar-refractivity contribution in [3.05, 3.63) is 12.7 Å². The van der Waals surface area contributed by atoms with Gasteiger partial charge in [-0.25, -0.2) is 0 Å². The smallest absolute Gasteiger partial charge is 0.193 e. The van der Waals surface area contributed by atoms with Gasteiger partial charge in [0.25, 0.3) is 0 Å². The number of halogens is 1. The molecule has 0 radical (unpaired) electrons. The molecule has 0 aliphatic heterocycles. The molecule has 0 bridgehead atoms. The molecule has 19 heavy (non-hydrogen) atoms. The van der Waals surface area contributed by atoms with E-state index in [2.05, 4.69) is 42.7 Å². The Kier molecular flexibility index (Phi) is 10.4. The second-order valence-electron chi connectivity index (χ2n) is 5.32. The van der Waals surface area contributed by atoms with Crippen molar-refractivity contribution in [2.75, 3.05) is 20.1 Å². The van der Waals surface area contributed by atoms with Crippen molar-refractivity contribution < 1.29 is 0 Å². The third-order valence-electron chi connectivity index (χ3n) is 3.50. The van der Waals surface area contributed by atoms with Gasteiger partial charge in [0.05, 0.1) is 0 Å². The summed E-state index contributed by atoms with van der Waals surface area (Å²) in [4.78, 5) is 6.84. The van der Waals surface area contributed by atoms with Crippen LogP contribution in [-0.2, 0) is 0 Å². The fourth-order valence-corrected chi connectivity index (χ4v) is 2.04. The molecule has 0 aromatic heterocycles. The number of nitrogens with zero attached hydrogens (tertiary/aromatic N) is 2. The van der Waals surface area contributed by atoms with Crippen molar-refractivity contribution in [3.8, 4) is 0 Å². The fraction of sp³-hybridized carbons (Fsp3) is 0.800. The predicted octanol–water partition coefficient (Wildman–Crippen LogP) is 3.66. The largest absolute Gasteiger partial charge is 0.353 e. The van der Waals surface area contributed by atoms with Crippen LogP contribution in [0.15, 0.2) is 17.6 Å². The van der Waals surface area contributed by atoms with Crippen LogP contribution in [0.3, 0.4) is 0 Å². The van der Waals surface area contributed by atoms with Crippen molar-refractivity contribution in [3.63, 3.8) is 0 Å². The van der Waals surface area contributed by atoms with Gasteiger partial charge in [-0.15, -0.1) is 30.6 Å². The van der Waals surface area contributed by atoms with E-state index in [0.717, 1.165) is 31.4 Å². The van der Waals surface area contributed by atoms with E-state index in [0.29, 0.717) is 6.04 Å². The number of hydrogen-bond acceptors (Lipinski definition) is 1. The summed E-state index contributed by atoms with van der Waals surface area (Å²) in [6.45, 7) is 10.1. The summed E-state index contributed by atoms with van der Waals surface area (Å²) >= 11 is 0. The monoisotopic (exact) mass is 379 g/mol. The number of aliphatic imine (C=N–C) groups is 1. The van der Waals surface area contributed by atoms with E-state index in [1.54, 1.807) is 0 Å². The minimum Gasteiger partial charge on any atom is -0.353 e. The van der Waals surface area contributed by atoms with E-state index in [1.165, 1.54) is 25.7 Å². The summed E-state index contributed by atoms with van der Waals surface area (Å²) in [6, 6.07) is 0.651. The maximum Gasteiger partial charge on any atom is 0.193 e. The molecule has 0 saturated heterocycles. The molecular formula is C15H30IN3. The summed E-state index contributed by atoms with van der Waals surface area (Å²) in [5.41, 5.74) is 0. The number of rotatable bonds is 8. The Morgan fingerprint density at radius 2 is 2.11 bits per heavy atom. The lowest BCUT2D eigenvalue weighted by Crippen LogP contribution is -2.41. The first kappa shape index (κ1) is 18.7. The molecule has 3 nitrogen and oxygen atoms in total. The van der Waals surface area contributed by atoms with Crippen molar-refractivity contribution in [1.29, 1.82) is 0 Å². The molecule has 4 heteroatoms. The summed E-state index contributed by atoms with van der Waals surface area (Å²) in [5.74, 6) is 1.89. The lowest BCUT2D eigenvalue weighted by atomic mass is 10.2. The van der Waals surface area contributed by atoms with Gasteiger partial charge in [0, 0.05) is 26.2 Å². The predicted molar refractivity (Wildman–Crippen MR) is 95.4 cm³/mol. The molecule has 0 heterocycles. The number of nitrogens with one attached hydrogen (secondary N) is 1. The van der Waals surface area contributed by atoms with Crippen LogP contribution in [0.2, 0.25) is 0 Å². The molecule has 0 amide bonds. The highest BCUT2D eigenvalue weighted by molar-refractivity contribution is 14.0. The van der Waals surface area contributed by atoms with Gasteiger partial charge < -0.3 is 10.2 Å². The second-order valence-corrected chi connectivity index (χ2v) is 5.32. The van der Waals surface area contributed by atoms with Crippen molar-refractivity contribution >= 4 is 29.9 Å². The number of hydrogen-bond donors (Lipinski definition) is 1. The van der Waals surface area contributed by atoms with Crippen LogP contribution in [0.4, 0.5) is 0 Å². The standard InChI is InChI=1S/C15H29N3.HI/c1-5-7-8-9-10-11-18(4)15(16-6-2)17-14-12-13(14)3;/h5,13-14H,1,6-12H2,2-4H3,(H,16,17);1H. The van der Waals surface area contributed by atoms with Crippen LogP contribution in [0, 0.1) is 5.92 Å². The lowest BCUT2D eigenvalue weighted by molar-refractivity contribution is 0.452. The molecular weight excluding hydrogens is 349 g/mol. The zero-order valence-electron chi connectivity index (χ0n) is 12.7. The fourth-order valence-electron chi connectivity index (χ4n) is 2.04. The van der Waals surface area contributed by atoms with Gasteiger partial charge in [-0.2, -0.15) is 0 Å². The Labute approximate surface area is 136 Å². The summed E-state index contributed by atoms with van der Waals surface area (Å²) in [7, 11) is 2.14. The van der Waals surface area contributed by atoms with Gasteiger partial charge in [-0.05, 0) is 38.5 Å². The van der Waals surface area contributed by atoms with E-state index in [1.807, 2.05) is 6.08 Å². The van der Waals surface area contributed by atoms with E-state index >= 15 is 0 Å². The van der Waals surface area contributed by atoms with Gasteiger partial charge >= 0.3 is 0 Å².